The van der Waals surface area contributed by atoms with Crippen LogP contribution in [0.25, 0.3) is 0 Å². The predicted molar refractivity (Wildman–Crippen MR) is 93.5 cm³/mol. The van der Waals surface area contributed by atoms with Gasteiger partial charge in [0.1, 0.15) is 0 Å². The lowest BCUT2D eigenvalue weighted by Gasteiger charge is -2.18. The van der Waals surface area contributed by atoms with Crippen molar-refractivity contribution in [3.63, 3.8) is 0 Å². The molecule has 0 spiro atoms. The molecule has 128 valence electrons. The maximum Gasteiger partial charge on any atom is 0.335 e. The normalized spacial score (nSPS) is 10.9. The molecule has 0 atom stereocenters. The number of aromatic carboxylic acids is 1. The van der Waals surface area contributed by atoms with Crippen LogP contribution in [0.2, 0.25) is 0 Å². The van der Waals surface area contributed by atoms with Gasteiger partial charge in [0, 0.05) is 31.0 Å². The molecule has 5 nitrogen and oxygen atoms in total. The van der Waals surface area contributed by atoms with Gasteiger partial charge in [0.25, 0.3) is 5.91 Å². The van der Waals surface area contributed by atoms with Crippen LogP contribution in [0.4, 0.5) is 0 Å². The van der Waals surface area contributed by atoms with Crippen LogP contribution >= 0.6 is 0 Å². The fraction of sp³-hybridized carbons (Fsp3) is 0.368. The largest absolute Gasteiger partial charge is 0.478 e. The monoisotopic (exact) mass is 328 g/mol. The number of carbonyl (C=O) groups is 2. The Kier molecular flexibility index (Phi) is 5.12. The van der Waals surface area contributed by atoms with E-state index in [4.69, 9.17) is 5.11 Å². The number of hydrogen-bond donors (Lipinski definition) is 1. The lowest BCUT2D eigenvalue weighted by molar-refractivity contribution is 0.0695. The quantitative estimate of drug-likeness (QED) is 0.911. The van der Waals surface area contributed by atoms with Crippen molar-refractivity contribution in [2.45, 2.75) is 40.3 Å². The molecule has 0 aliphatic heterocycles. The van der Waals surface area contributed by atoms with E-state index >= 15 is 0 Å². The van der Waals surface area contributed by atoms with E-state index in [9.17, 15) is 9.59 Å². The molecule has 2 aromatic rings. The first-order chi connectivity index (χ1) is 11.2. The van der Waals surface area contributed by atoms with Gasteiger partial charge in [-0.05, 0) is 51.5 Å². The van der Waals surface area contributed by atoms with Crippen molar-refractivity contribution in [1.82, 2.24) is 9.47 Å². The minimum Gasteiger partial charge on any atom is -0.478 e. The number of carboxylic acid groups (broad SMARTS) is 1. The van der Waals surface area contributed by atoms with Crippen LogP contribution in [0.1, 0.15) is 57.6 Å². The third-order valence-electron chi connectivity index (χ3n) is 4.20. The van der Waals surface area contributed by atoms with Crippen molar-refractivity contribution in [3.8, 4) is 0 Å². The fourth-order valence-corrected chi connectivity index (χ4v) is 3.09. The smallest absolute Gasteiger partial charge is 0.335 e. The lowest BCUT2D eigenvalue weighted by Crippen LogP contribution is -2.26. The van der Waals surface area contributed by atoms with Gasteiger partial charge in [0.05, 0.1) is 11.1 Å². The van der Waals surface area contributed by atoms with Crippen LogP contribution < -0.4 is 0 Å². The predicted octanol–water partition coefficient (Wildman–Crippen LogP) is 3.66. The Morgan fingerprint density at radius 1 is 1.17 bits per heavy atom. The molecule has 0 aliphatic carbocycles. The third kappa shape index (κ3) is 3.50. The number of aryl methyl sites for hydroxylation is 1. The van der Waals surface area contributed by atoms with Crippen molar-refractivity contribution in [1.29, 1.82) is 0 Å². The van der Waals surface area contributed by atoms with E-state index in [-0.39, 0.29) is 11.5 Å². The maximum absolute atomic E-state index is 12.8. The number of aromatic nitrogens is 1. The van der Waals surface area contributed by atoms with Crippen molar-refractivity contribution < 1.29 is 14.7 Å². The molecule has 1 N–H and O–H groups in total. The molecule has 0 aliphatic rings. The topological polar surface area (TPSA) is 62.5 Å². The van der Waals surface area contributed by atoms with Crippen molar-refractivity contribution in [2.75, 3.05) is 7.05 Å². The van der Waals surface area contributed by atoms with Gasteiger partial charge in [-0.3, -0.25) is 4.79 Å². The maximum atomic E-state index is 12.8. The lowest BCUT2D eigenvalue weighted by atomic mass is 10.1. The molecular weight excluding hydrogens is 304 g/mol. The number of carbonyl (C=O) groups excluding carboxylic acids is 1. The first-order valence-electron chi connectivity index (χ1n) is 7.98. The van der Waals surface area contributed by atoms with Crippen LogP contribution in [0.15, 0.2) is 30.3 Å². The highest BCUT2D eigenvalue weighted by Gasteiger charge is 2.20. The summed E-state index contributed by atoms with van der Waals surface area (Å²) in [6, 6.07) is 8.83. The summed E-state index contributed by atoms with van der Waals surface area (Å²) in [5.41, 5.74) is 3.90. The van der Waals surface area contributed by atoms with Crippen LogP contribution in [-0.4, -0.2) is 33.5 Å². The molecule has 0 fully saturated rings. The number of benzene rings is 1. The molecule has 24 heavy (non-hydrogen) atoms. The van der Waals surface area contributed by atoms with Gasteiger partial charge in [0.15, 0.2) is 0 Å². The minimum absolute atomic E-state index is 0.0303. The average Bonchev–Trinajstić information content (AvgIpc) is 2.81. The number of carboxylic acids is 1. The molecule has 0 saturated heterocycles. The van der Waals surface area contributed by atoms with Gasteiger partial charge in [-0.25, -0.2) is 4.79 Å². The minimum atomic E-state index is -0.952. The fourth-order valence-electron chi connectivity index (χ4n) is 3.09. The number of rotatable bonds is 5. The van der Waals surface area contributed by atoms with Gasteiger partial charge < -0.3 is 14.6 Å². The van der Waals surface area contributed by atoms with Gasteiger partial charge in [-0.2, -0.15) is 0 Å². The average molecular weight is 328 g/mol. The highest BCUT2D eigenvalue weighted by molar-refractivity contribution is 5.95. The number of nitrogens with zero attached hydrogens (tertiary/aromatic N) is 2. The summed E-state index contributed by atoms with van der Waals surface area (Å²) in [6.07, 6.45) is 0. The van der Waals surface area contributed by atoms with E-state index in [1.165, 1.54) is 0 Å². The van der Waals surface area contributed by atoms with Gasteiger partial charge in [-0.15, -0.1) is 0 Å². The van der Waals surface area contributed by atoms with Crippen LogP contribution in [0.5, 0.6) is 0 Å². The molecule has 0 bridgehead atoms. The second-order valence-electron chi connectivity index (χ2n) is 6.41. The van der Waals surface area contributed by atoms with E-state index in [0.29, 0.717) is 18.2 Å². The molecule has 5 heteroatoms. The summed E-state index contributed by atoms with van der Waals surface area (Å²) >= 11 is 0. The van der Waals surface area contributed by atoms with Crippen LogP contribution in [-0.2, 0) is 6.54 Å². The molecule has 1 amide bonds. The van der Waals surface area contributed by atoms with Crippen LogP contribution in [0.3, 0.4) is 0 Å². The number of amides is 1. The molecule has 1 aromatic carbocycles. The van der Waals surface area contributed by atoms with Crippen molar-refractivity contribution in [2.24, 2.45) is 0 Å². The van der Waals surface area contributed by atoms with Crippen molar-refractivity contribution in [3.05, 3.63) is 58.4 Å². The summed E-state index contributed by atoms with van der Waals surface area (Å²) in [4.78, 5) is 25.3. The Bertz CT molecular complexity index is 758. The van der Waals surface area contributed by atoms with E-state index in [2.05, 4.69) is 18.4 Å². The van der Waals surface area contributed by atoms with Gasteiger partial charge >= 0.3 is 5.97 Å². The third-order valence-corrected chi connectivity index (χ3v) is 4.20. The summed E-state index contributed by atoms with van der Waals surface area (Å²) in [6.45, 7) is 8.61. The van der Waals surface area contributed by atoms with Crippen molar-refractivity contribution >= 4 is 11.9 Å². The molecule has 0 unspecified atom stereocenters. The second kappa shape index (κ2) is 6.91. The summed E-state index contributed by atoms with van der Waals surface area (Å²) in [7, 11) is 1.76. The Morgan fingerprint density at radius 3 is 2.21 bits per heavy atom. The molecule has 0 saturated carbocycles. The summed E-state index contributed by atoms with van der Waals surface area (Å²) in [5, 5.41) is 8.93. The highest BCUT2D eigenvalue weighted by Crippen LogP contribution is 2.21. The zero-order valence-electron chi connectivity index (χ0n) is 14.8. The van der Waals surface area contributed by atoms with E-state index < -0.39 is 5.97 Å². The standard InChI is InChI=1S/C19H24N2O3/c1-12(2)21-13(3)10-17(14(21)4)18(22)20(5)11-15-6-8-16(9-7-15)19(23)24/h6-10,12H,11H2,1-5H3,(H,23,24). The zero-order valence-corrected chi connectivity index (χ0v) is 14.8. The van der Waals surface area contributed by atoms with Gasteiger partial charge in [-0.1, -0.05) is 12.1 Å². The van der Waals surface area contributed by atoms with E-state index in [1.54, 1.807) is 36.2 Å². The molecular formula is C19H24N2O3. The molecule has 2 rings (SSSR count). The highest BCUT2D eigenvalue weighted by atomic mass is 16.4. The second-order valence-corrected chi connectivity index (χ2v) is 6.41. The molecule has 0 radical (unpaired) electrons. The molecule has 1 aromatic heterocycles. The Hall–Kier alpha value is -2.56. The first-order valence-corrected chi connectivity index (χ1v) is 7.98. The molecule has 1 heterocycles. The first kappa shape index (κ1) is 17.8. The Morgan fingerprint density at radius 2 is 1.75 bits per heavy atom. The Labute approximate surface area is 142 Å². The van der Waals surface area contributed by atoms with Gasteiger partial charge in [0.2, 0.25) is 0 Å². The van der Waals surface area contributed by atoms with E-state index in [0.717, 1.165) is 17.0 Å². The number of hydrogen-bond acceptors (Lipinski definition) is 2. The summed E-state index contributed by atoms with van der Waals surface area (Å²) < 4.78 is 2.16. The Balaban J connectivity index is 2.18. The van der Waals surface area contributed by atoms with Crippen LogP contribution in [0, 0.1) is 13.8 Å². The zero-order chi connectivity index (χ0) is 18.0. The summed E-state index contributed by atoms with van der Waals surface area (Å²) in [5.74, 6) is -0.982. The SMILES string of the molecule is Cc1cc(C(=O)N(C)Cc2ccc(C(=O)O)cc2)c(C)n1C(C)C. The van der Waals surface area contributed by atoms with E-state index in [1.807, 2.05) is 19.9 Å².